The van der Waals surface area contributed by atoms with E-state index in [2.05, 4.69) is 334 Å². The van der Waals surface area contributed by atoms with Crippen LogP contribution in [0.2, 0.25) is 0 Å². The SMILES string of the molecule is c1ccc(-n2c3ccccc3c3cc(-c4ccc5c(c4)c4ccccc4n5-c4ccc(-c5cccc6c5oc5ccccc56)cc4)ccc32)cc1.c1ccc(-n2c3ccccc3c3cc(-c4ccc5c(c4)c4ccccc4n5-c4ccc5oc6ccccc6c5c4)ccc32)cc1. The number of hydrogen-bond donors (Lipinski definition) is 0. The van der Waals surface area contributed by atoms with Gasteiger partial charge < -0.3 is 27.1 Å². The molecule has 0 aliphatic carbocycles. The van der Waals surface area contributed by atoms with Gasteiger partial charge in [-0.05, 0) is 167 Å². The van der Waals surface area contributed by atoms with E-state index in [1.54, 1.807) is 0 Å². The summed E-state index contributed by atoms with van der Waals surface area (Å²) in [6, 6.07) is 122. The summed E-state index contributed by atoms with van der Waals surface area (Å²) in [5.41, 5.74) is 25.0. The molecule has 0 spiro atoms. The molecule has 0 N–H and O–H groups in total. The molecule has 15 aromatic carbocycles. The molecule has 0 aliphatic rings. The predicted octanol–water partition coefficient (Wildman–Crippen LogP) is 24.6. The Morgan fingerprint density at radius 1 is 0.167 bits per heavy atom. The lowest BCUT2D eigenvalue weighted by atomic mass is 10.0. The van der Waals surface area contributed by atoms with Gasteiger partial charge in [-0.2, -0.15) is 0 Å². The highest BCUT2D eigenvalue weighted by Crippen LogP contribution is 2.43. The number of nitrogens with zero attached hydrogens (tertiary/aromatic N) is 4. The van der Waals surface area contributed by atoms with E-state index < -0.39 is 0 Å². The minimum atomic E-state index is 0.909. The van der Waals surface area contributed by atoms with Gasteiger partial charge in [0, 0.05) is 92.9 Å². The Hall–Kier alpha value is -12.9. The van der Waals surface area contributed by atoms with Crippen LogP contribution in [0.4, 0.5) is 0 Å². The number of benzene rings is 15. The van der Waals surface area contributed by atoms with E-state index in [9.17, 15) is 0 Å². The molecule has 21 aromatic rings. The van der Waals surface area contributed by atoms with Gasteiger partial charge in [-0.15, -0.1) is 0 Å². The van der Waals surface area contributed by atoms with Gasteiger partial charge in [-0.1, -0.05) is 200 Å². The molecule has 96 heavy (non-hydrogen) atoms. The third-order valence-corrected chi connectivity index (χ3v) is 19.8. The lowest BCUT2D eigenvalue weighted by Crippen LogP contribution is -1.94. The number of fused-ring (bicyclic) bond motifs is 18. The first-order valence-corrected chi connectivity index (χ1v) is 32.8. The summed E-state index contributed by atoms with van der Waals surface area (Å²) in [5.74, 6) is 0. The second kappa shape index (κ2) is 21.3. The van der Waals surface area contributed by atoms with Crippen LogP contribution in [0.15, 0.2) is 349 Å². The maximum atomic E-state index is 6.36. The average Bonchev–Trinajstić information content (AvgIpc) is 1.60. The predicted molar refractivity (Wildman–Crippen MR) is 401 cm³/mol. The molecule has 0 saturated heterocycles. The van der Waals surface area contributed by atoms with Gasteiger partial charge in [0.2, 0.25) is 0 Å². The molecule has 6 heteroatoms. The zero-order chi connectivity index (χ0) is 63.0. The first-order valence-electron chi connectivity index (χ1n) is 32.8. The lowest BCUT2D eigenvalue weighted by molar-refractivity contribution is 0.669. The molecule has 0 radical (unpaired) electrons. The fraction of sp³-hybridized carbons (Fsp3) is 0. The van der Waals surface area contributed by atoms with E-state index in [1.165, 1.54) is 121 Å². The van der Waals surface area contributed by atoms with E-state index in [1.807, 2.05) is 24.3 Å². The first-order chi connectivity index (χ1) is 47.6. The first kappa shape index (κ1) is 53.7. The van der Waals surface area contributed by atoms with Gasteiger partial charge in [-0.3, -0.25) is 0 Å². The average molecular weight is 1230 g/mol. The Bertz CT molecular complexity index is 6690. The third-order valence-electron chi connectivity index (χ3n) is 19.8. The van der Waals surface area contributed by atoms with Crippen LogP contribution >= 0.6 is 0 Å². The largest absolute Gasteiger partial charge is 0.456 e. The van der Waals surface area contributed by atoms with Crippen LogP contribution in [-0.2, 0) is 0 Å². The Balaban J connectivity index is 0.000000132. The molecule has 6 heterocycles. The highest BCUT2D eigenvalue weighted by molar-refractivity contribution is 6.16. The highest BCUT2D eigenvalue weighted by atomic mass is 16.3. The van der Waals surface area contributed by atoms with Crippen LogP contribution in [0.5, 0.6) is 0 Å². The molecule has 448 valence electrons. The van der Waals surface area contributed by atoms with Gasteiger partial charge in [0.05, 0.1) is 44.1 Å². The van der Waals surface area contributed by atoms with Crippen LogP contribution in [0.3, 0.4) is 0 Å². The van der Waals surface area contributed by atoms with Crippen LogP contribution in [0, 0.1) is 0 Å². The lowest BCUT2D eigenvalue weighted by Gasteiger charge is -2.10. The normalized spacial score (nSPS) is 12.0. The van der Waals surface area contributed by atoms with Crippen LogP contribution in [0.25, 0.3) is 187 Å². The maximum absolute atomic E-state index is 6.36. The minimum Gasteiger partial charge on any atom is -0.456 e. The fourth-order valence-corrected chi connectivity index (χ4v) is 15.5. The maximum Gasteiger partial charge on any atom is 0.143 e. The molecule has 6 nitrogen and oxygen atoms in total. The summed E-state index contributed by atoms with van der Waals surface area (Å²) in [6.07, 6.45) is 0. The second-order valence-electron chi connectivity index (χ2n) is 25.1. The van der Waals surface area contributed by atoms with Crippen LogP contribution in [-0.4, -0.2) is 18.3 Å². The Morgan fingerprint density at radius 2 is 0.479 bits per heavy atom. The van der Waals surface area contributed by atoms with Gasteiger partial charge in [0.15, 0.2) is 0 Å². The smallest absolute Gasteiger partial charge is 0.143 e. The summed E-state index contributed by atoms with van der Waals surface area (Å²) in [6.45, 7) is 0. The van der Waals surface area contributed by atoms with Crippen molar-refractivity contribution in [3.8, 4) is 56.1 Å². The van der Waals surface area contributed by atoms with Crippen molar-refractivity contribution in [3.63, 3.8) is 0 Å². The molecular weight excluding hydrogens is 1170 g/mol. The van der Waals surface area contributed by atoms with E-state index in [4.69, 9.17) is 8.83 Å². The van der Waals surface area contributed by atoms with Gasteiger partial charge in [-0.25, -0.2) is 0 Å². The molecule has 21 rings (SSSR count). The summed E-state index contributed by atoms with van der Waals surface area (Å²) >= 11 is 0. The van der Waals surface area contributed by atoms with E-state index in [0.717, 1.165) is 66.4 Å². The molecule has 0 bridgehead atoms. The van der Waals surface area contributed by atoms with Crippen molar-refractivity contribution in [2.45, 2.75) is 0 Å². The Labute approximate surface area is 550 Å². The van der Waals surface area contributed by atoms with E-state index in [0.29, 0.717) is 0 Å². The van der Waals surface area contributed by atoms with Crippen molar-refractivity contribution in [2.75, 3.05) is 0 Å². The summed E-state index contributed by atoms with van der Waals surface area (Å²) in [7, 11) is 0. The quantitative estimate of drug-likeness (QED) is 0.160. The molecule has 0 atom stereocenters. The third kappa shape index (κ3) is 8.32. The highest BCUT2D eigenvalue weighted by Gasteiger charge is 2.21. The summed E-state index contributed by atoms with van der Waals surface area (Å²) in [4.78, 5) is 0. The molecule has 0 saturated carbocycles. The van der Waals surface area contributed by atoms with Gasteiger partial charge in [0.1, 0.15) is 22.3 Å². The zero-order valence-corrected chi connectivity index (χ0v) is 51.9. The monoisotopic (exact) mass is 1220 g/mol. The minimum absolute atomic E-state index is 0.909. The molecule has 0 amide bonds. The standard InChI is InChI=1S/C48H30N2O.C42H26N2O/c1-2-11-34(12-3-1)49-43-18-7-4-13-37(43)41-29-32(23-27-45(41)49)33-24-28-46-42(30-33)38-14-5-8-19-44(38)50(46)35-25-21-31(22-26-35)36-16-10-17-40-39-15-6-9-20-47(39)51-48(36)40;1-2-10-29(11-3-1)43-37-15-7-4-12-31(37)34-24-27(18-21-39(34)43)28-19-22-40-35(25-28)32-13-5-8-16-38(32)44(40)30-20-23-42-36(26-30)33-14-6-9-17-41(33)45-42/h1-30H;1-26H. The van der Waals surface area contributed by atoms with Crippen LogP contribution < -0.4 is 0 Å². The van der Waals surface area contributed by atoms with Gasteiger partial charge in [0.25, 0.3) is 0 Å². The van der Waals surface area contributed by atoms with Crippen molar-refractivity contribution >= 4 is 131 Å². The summed E-state index contributed by atoms with van der Waals surface area (Å²) in [5, 5.41) is 14.6. The van der Waals surface area contributed by atoms with Crippen molar-refractivity contribution < 1.29 is 8.83 Å². The Morgan fingerprint density at radius 3 is 0.927 bits per heavy atom. The number of hydrogen-bond acceptors (Lipinski definition) is 2. The number of rotatable bonds is 7. The van der Waals surface area contributed by atoms with E-state index in [-0.39, 0.29) is 0 Å². The fourth-order valence-electron chi connectivity index (χ4n) is 15.5. The van der Waals surface area contributed by atoms with Crippen molar-refractivity contribution in [2.24, 2.45) is 0 Å². The topological polar surface area (TPSA) is 46.0 Å². The molecular formula is C90H56N4O2. The second-order valence-corrected chi connectivity index (χ2v) is 25.1. The number of para-hydroxylation sites is 9. The van der Waals surface area contributed by atoms with Crippen molar-refractivity contribution in [1.29, 1.82) is 0 Å². The molecule has 0 fully saturated rings. The molecule has 6 aromatic heterocycles. The van der Waals surface area contributed by atoms with Crippen LogP contribution in [0.1, 0.15) is 0 Å². The Kier molecular flexibility index (Phi) is 11.9. The van der Waals surface area contributed by atoms with Gasteiger partial charge >= 0.3 is 0 Å². The van der Waals surface area contributed by atoms with E-state index >= 15 is 0 Å². The molecule has 0 aliphatic heterocycles. The summed E-state index contributed by atoms with van der Waals surface area (Å²) < 4.78 is 22.0. The zero-order valence-electron chi connectivity index (χ0n) is 51.9. The molecule has 0 unspecified atom stereocenters. The van der Waals surface area contributed by atoms with Crippen molar-refractivity contribution in [3.05, 3.63) is 340 Å². The van der Waals surface area contributed by atoms with Crippen molar-refractivity contribution in [1.82, 2.24) is 18.3 Å². The number of aromatic nitrogens is 4. The number of furan rings is 2.